The summed E-state index contributed by atoms with van der Waals surface area (Å²) < 4.78 is 15.3. The maximum Gasteiger partial charge on any atom is 0.266 e. The van der Waals surface area contributed by atoms with Crippen molar-refractivity contribution < 1.29 is 9.18 Å². The van der Waals surface area contributed by atoms with Crippen LogP contribution >= 0.6 is 11.6 Å². The Hall–Kier alpha value is -2.58. The Morgan fingerprint density at radius 3 is 2.72 bits per heavy atom. The second kappa shape index (κ2) is 8.00. The minimum Gasteiger partial charge on any atom is -0.349 e. The number of rotatable bonds is 5. The maximum absolute atomic E-state index is 13.2. The number of nitrogens with one attached hydrogen (secondary N) is 1. The van der Waals surface area contributed by atoms with E-state index in [1.54, 1.807) is 6.08 Å². The van der Waals surface area contributed by atoms with Crippen molar-refractivity contribution in [2.45, 2.75) is 33.7 Å². The molecule has 1 amide bonds. The number of nitriles is 1. The SMILES string of the molecule is CCCn1c(C)cc(/C=C(\C#N)C(=O)Nc2ccc(F)c(Cl)c2)c1C. The Morgan fingerprint density at radius 2 is 2.12 bits per heavy atom. The van der Waals surface area contributed by atoms with Crippen molar-refractivity contribution >= 4 is 29.3 Å². The normalized spacial score (nSPS) is 11.3. The van der Waals surface area contributed by atoms with E-state index in [0.29, 0.717) is 5.69 Å². The molecule has 1 aromatic heterocycles. The first-order valence-electron chi connectivity index (χ1n) is 7.92. The highest BCUT2D eigenvalue weighted by atomic mass is 35.5. The third-order valence-electron chi connectivity index (χ3n) is 3.90. The summed E-state index contributed by atoms with van der Waals surface area (Å²) in [6.07, 6.45) is 2.56. The van der Waals surface area contributed by atoms with Crippen LogP contribution in [-0.2, 0) is 11.3 Å². The van der Waals surface area contributed by atoms with Gasteiger partial charge in [-0.15, -0.1) is 0 Å². The Bertz CT molecular complexity index is 878. The summed E-state index contributed by atoms with van der Waals surface area (Å²) in [6.45, 7) is 6.93. The highest BCUT2D eigenvalue weighted by Gasteiger charge is 2.13. The monoisotopic (exact) mass is 359 g/mol. The number of hydrogen-bond acceptors (Lipinski definition) is 2. The minimum absolute atomic E-state index is 0.0304. The molecule has 1 heterocycles. The molecule has 0 saturated carbocycles. The van der Waals surface area contributed by atoms with Crippen LogP contribution in [0.3, 0.4) is 0 Å². The number of carbonyl (C=O) groups excluding carboxylic acids is 1. The number of benzene rings is 1. The van der Waals surface area contributed by atoms with E-state index in [1.807, 2.05) is 26.0 Å². The van der Waals surface area contributed by atoms with E-state index in [2.05, 4.69) is 16.8 Å². The van der Waals surface area contributed by atoms with E-state index < -0.39 is 11.7 Å². The predicted octanol–water partition coefficient (Wildman–Crippen LogP) is 4.85. The van der Waals surface area contributed by atoms with Crippen LogP contribution in [0, 0.1) is 31.0 Å². The number of aryl methyl sites for hydroxylation is 1. The maximum atomic E-state index is 13.2. The van der Waals surface area contributed by atoms with Gasteiger partial charge >= 0.3 is 0 Å². The van der Waals surface area contributed by atoms with Crippen molar-refractivity contribution in [2.75, 3.05) is 5.32 Å². The summed E-state index contributed by atoms with van der Waals surface area (Å²) in [5, 5.41) is 11.8. The molecule has 0 unspecified atom stereocenters. The zero-order valence-electron chi connectivity index (χ0n) is 14.4. The molecule has 0 saturated heterocycles. The smallest absolute Gasteiger partial charge is 0.266 e. The molecule has 0 aliphatic carbocycles. The number of hydrogen-bond donors (Lipinski definition) is 1. The number of anilines is 1. The molecule has 2 rings (SSSR count). The van der Waals surface area contributed by atoms with Gasteiger partial charge in [0.1, 0.15) is 17.5 Å². The van der Waals surface area contributed by atoms with Gasteiger partial charge in [0.2, 0.25) is 0 Å². The van der Waals surface area contributed by atoms with Crippen molar-refractivity contribution in [3.8, 4) is 6.07 Å². The number of halogens is 2. The quantitative estimate of drug-likeness (QED) is 0.612. The molecule has 4 nitrogen and oxygen atoms in total. The van der Waals surface area contributed by atoms with Crippen LogP contribution < -0.4 is 5.32 Å². The fraction of sp³-hybridized carbons (Fsp3) is 0.263. The molecule has 1 N–H and O–H groups in total. The van der Waals surface area contributed by atoms with Crippen molar-refractivity contribution in [1.29, 1.82) is 5.26 Å². The van der Waals surface area contributed by atoms with Crippen LogP contribution in [0.15, 0.2) is 29.8 Å². The third-order valence-corrected chi connectivity index (χ3v) is 4.19. The molecule has 0 bridgehead atoms. The number of aromatic nitrogens is 1. The molecule has 0 aliphatic heterocycles. The fourth-order valence-electron chi connectivity index (χ4n) is 2.62. The molecule has 130 valence electrons. The van der Waals surface area contributed by atoms with Crippen molar-refractivity contribution in [1.82, 2.24) is 4.57 Å². The van der Waals surface area contributed by atoms with E-state index >= 15 is 0 Å². The van der Waals surface area contributed by atoms with Gasteiger partial charge in [0, 0.05) is 23.6 Å². The van der Waals surface area contributed by atoms with Gasteiger partial charge in [0.15, 0.2) is 0 Å². The van der Waals surface area contributed by atoms with Gasteiger partial charge in [-0.1, -0.05) is 18.5 Å². The molecule has 0 atom stereocenters. The Kier molecular flexibility index (Phi) is 6.00. The molecule has 0 aliphatic rings. The number of carbonyl (C=O) groups is 1. The van der Waals surface area contributed by atoms with Gasteiger partial charge in [-0.3, -0.25) is 4.79 Å². The second-order valence-electron chi connectivity index (χ2n) is 5.73. The van der Waals surface area contributed by atoms with Gasteiger partial charge in [0.05, 0.1) is 5.02 Å². The Morgan fingerprint density at radius 1 is 1.40 bits per heavy atom. The lowest BCUT2D eigenvalue weighted by atomic mass is 10.1. The summed E-state index contributed by atoms with van der Waals surface area (Å²) in [7, 11) is 0. The van der Waals surface area contributed by atoms with Crippen LogP contribution in [0.4, 0.5) is 10.1 Å². The Labute approximate surface area is 151 Å². The summed E-state index contributed by atoms with van der Waals surface area (Å²) in [5.41, 5.74) is 3.21. The highest BCUT2D eigenvalue weighted by molar-refractivity contribution is 6.31. The largest absolute Gasteiger partial charge is 0.349 e. The van der Waals surface area contributed by atoms with E-state index in [4.69, 9.17) is 11.6 Å². The summed E-state index contributed by atoms with van der Waals surface area (Å²) in [4.78, 5) is 12.3. The lowest BCUT2D eigenvalue weighted by Crippen LogP contribution is -2.13. The highest BCUT2D eigenvalue weighted by Crippen LogP contribution is 2.21. The van der Waals surface area contributed by atoms with Gasteiger partial charge in [0.25, 0.3) is 5.91 Å². The first-order valence-corrected chi connectivity index (χ1v) is 8.30. The number of amides is 1. The van der Waals surface area contributed by atoms with Gasteiger partial charge in [-0.2, -0.15) is 5.26 Å². The molecule has 0 radical (unpaired) electrons. The molecular formula is C19H19ClFN3O. The van der Waals surface area contributed by atoms with Crippen LogP contribution in [0.1, 0.15) is 30.3 Å². The van der Waals surface area contributed by atoms with E-state index in [9.17, 15) is 14.4 Å². The molecule has 25 heavy (non-hydrogen) atoms. The van der Waals surface area contributed by atoms with Crippen LogP contribution in [0.25, 0.3) is 6.08 Å². The Balaban J connectivity index is 2.28. The van der Waals surface area contributed by atoms with E-state index in [1.165, 1.54) is 12.1 Å². The van der Waals surface area contributed by atoms with Crippen molar-refractivity contribution in [3.05, 3.63) is 57.6 Å². The first kappa shape index (κ1) is 18.8. The summed E-state index contributed by atoms with van der Waals surface area (Å²) in [6, 6.07) is 7.72. The lowest BCUT2D eigenvalue weighted by Gasteiger charge is -2.07. The van der Waals surface area contributed by atoms with Gasteiger partial charge in [-0.05, 0) is 56.2 Å². The molecule has 2 aromatic rings. The van der Waals surface area contributed by atoms with Crippen LogP contribution in [0.2, 0.25) is 5.02 Å². The summed E-state index contributed by atoms with van der Waals surface area (Å²) >= 11 is 5.70. The third kappa shape index (κ3) is 4.28. The summed E-state index contributed by atoms with van der Waals surface area (Å²) in [5.74, 6) is -1.13. The molecule has 6 heteroatoms. The topological polar surface area (TPSA) is 57.8 Å². The molecule has 1 aromatic carbocycles. The average molecular weight is 360 g/mol. The lowest BCUT2D eigenvalue weighted by molar-refractivity contribution is -0.112. The molecule has 0 spiro atoms. The standard InChI is InChI=1S/C19H19ClFN3O/c1-4-7-24-12(2)8-14(13(24)3)9-15(11-22)19(25)23-16-5-6-18(21)17(20)10-16/h5-6,8-10H,4,7H2,1-3H3,(H,23,25)/b15-9+. The van der Waals surface area contributed by atoms with Crippen LogP contribution in [0.5, 0.6) is 0 Å². The van der Waals surface area contributed by atoms with Crippen molar-refractivity contribution in [3.63, 3.8) is 0 Å². The second-order valence-corrected chi connectivity index (χ2v) is 6.14. The van der Waals surface area contributed by atoms with Crippen LogP contribution in [-0.4, -0.2) is 10.5 Å². The average Bonchev–Trinajstić information content (AvgIpc) is 2.83. The first-order chi connectivity index (χ1) is 11.9. The van der Waals surface area contributed by atoms with E-state index in [0.717, 1.165) is 36.0 Å². The van der Waals surface area contributed by atoms with Gasteiger partial charge in [-0.25, -0.2) is 4.39 Å². The number of nitrogens with zero attached hydrogens (tertiary/aromatic N) is 2. The molecule has 0 fully saturated rings. The minimum atomic E-state index is -0.570. The van der Waals surface area contributed by atoms with E-state index in [-0.39, 0.29) is 10.6 Å². The molecular weight excluding hydrogens is 341 g/mol. The zero-order chi connectivity index (χ0) is 18.6. The fourth-order valence-corrected chi connectivity index (χ4v) is 2.80. The van der Waals surface area contributed by atoms with Gasteiger partial charge < -0.3 is 9.88 Å². The predicted molar refractivity (Wildman–Crippen MR) is 97.8 cm³/mol. The van der Waals surface area contributed by atoms with Crippen molar-refractivity contribution in [2.24, 2.45) is 0 Å². The zero-order valence-corrected chi connectivity index (χ0v) is 15.1.